The minimum absolute atomic E-state index is 0.0961. The Hall–Kier alpha value is -0.280. The molecule has 7 heteroatoms. The van der Waals surface area contributed by atoms with Gasteiger partial charge in [-0.05, 0) is 66.7 Å². The van der Waals surface area contributed by atoms with Crippen molar-refractivity contribution in [3.05, 3.63) is 0 Å². The van der Waals surface area contributed by atoms with Crippen LogP contribution in [0.5, 0.6) is 0 Å². The zero-order chi connectivity index (χ0) is 21.1. The normalized spacial score (nSPS) is 16.8. The van der Waals surface area contributed by atoms with E-state index in [0.717, 1.165) is 6.42 Å². The largest absolute Gasteiger partial charge is 0.396 e. The maximum Gasteiger partial charge on any atom is 0.0568 e. The Bertz CT molecular complexity index is 288. The Morgan fingerprint density at radius 2 is 0.815 bits per heavy atom. The highest BCUT2D eigenvalue weighted by Gasteiger charge is 2.06. The maximum absolute atomic E-state index is 9.04. The summed E-state index contributed by atoms with van der Waals surface area (Å²) >= 11 is 0. The molecule has 0 aliphatic heterocycles. The van der Waals surface area contributed by atoms with Crippen LogP contribution in [0.1, 0.15) is 66.7 Å². The summed E-state index contributed by atoms with van der Waals surface area (Å²) in [5.74, 6) is 0. The van der Waals surface area contributed by atoms with Gasteiger partial charge in [-0.25, -0.2) is 0 Å². The van der Waals surface area contributed by atoms with Gasteiger partial charge in [-0.1, -0.05) is 0 Å². The van der Waals surface area contributed by atoms with E-state index < -0.39 is 0 Å². The summed E-state index contributed by atoms with van der Waals surface area (Å²) in [5.41, 5.74) is 0. The highest BCUT2D eigenvalue weighted by molar-refractivity contribution is 4.54. The van der Waals surface area contributed by atoms with Crippen LogP contribution in [-0.2, 0) is 14.2 Å². The molecule has 0 aliphatic carbocycles. The minimum atomic E-state index is -0.298. The molecule has 0 aromatic carbocycles. The monoisotopic (exact) mass is 396 g/mol. The third kappa shape index (κ3) is 25.7. The van der Waals surface area contributed by atoms with E-state index >= 15 is 0 Å². The van der Waals surface area contributed by atoms with Gasteiger partial charge < -0.3 is 34.6 Å². The van der Waals surface area contributed by atoms with E-state index in [0.29, 0.717) is 45.5 Å². The van der Waals surface area contributed by atoms with Crippen LogP contribution in [0.3, 0.4) is 0 Å². The van der Waals surface area contributed by atoms with Crippen LogP contribution >= 0.6 is 0 Å². The molecule has 0 amide bonds. The van der Waals surface area contributed by atoms with E-state index in [4.69, 9.17) is 34.6 Å². The predicted molar refractivity (Wildman–Crippen MR) is 107 cm³/mol. The van der Waals surface area contributed by atoms with Crippen LogP contribution in [0.15, 0.2) is 0 Å². The molecule has 0 aliphatic rings. The number of aliphatic hydroxyl groups excluding tert-OH is 4. The molecular weight excluding hydrogens is 352 g/mol. The van der Waals surface area contributed by atoms with Gasteiger partial charge in [0.2, 0.25) is 0 Å². The summed E-state index contributed by atoms with van der Waals surface area (Å²) in [6, 6.07) is 0. The topological polar surface area (TPSA) is 109 Å². The van der Waals surface area contributed by atoms with Gasteiger partial charge in [0.25, 0.3) is 0 Å². The fourth-order valence-electron chi connectivity index (χ4n) is 1.93. The Morgan fingerprint density at radius 3 is 1.11 bits per heavy atom. The van der Waals surface area contributed by atoms with Gasteiger partial charge in [0.15, 0.2) is 0 Å². The molecule has 5 unspecified atom stereocenters. The smallest absolute Gasteiger partial charge is 0.0568 e. The standard InChI is InChI=1S/C12H26O4.C8H18O3/c1-10(14)5-8-15-12(3)6-9-16-11(2)4-7-13;1-7(10)4-6-11-8(2)3-5-9/h10-14H,4-9H2,1-3H3;7-10H,3-6H2,1-2H3. The van der Waals surface area contributed by atoms with Crippen LogP contribution < -0.4 is 0 Å². The maximum atomic E-state index is 9.04. The lowest BCUT2D eigenvalue weighted by atomic mass is 10.2. The molecule has 166 valence electrons. The quantitative estimate of drug-likeness (QED) is 0.315. The number of rotatable bonds is 16. The van der Waals surface area contributed by atoms with E-state index in [1.165, 1.54) is 0 Å². The third-order valence-electron chi connectivity index (χ3n) is 3.87. The number of hydrogen-bond acceptors (Lipinski definition) is 7. The average molecular weight is 397 g/mol. The summed E-state index contributed by atoms with van der Waals surface area (Å²) in [6.45, 7) is 11.5. The average Bonchev–Trinajstić information content (AvgIpc) is 2.55. The molecule has 4 N–H and O–H groups in total. The van der Waals surface area contributed by atoms with Crippen molar-refractivity contribution >= 4 is 0 Å². The van der Waals surface area contributed by atoms with Crippen molar-refractivity contribution in [3.63, 3.8) is 0 Å². The molecular formula is C20H44O7. The van der Waals surface area contributed by atoms with Gasteiger partial charge in [-0.15, -0.1) is 0 Å². The molecule has 0 radical (unpaired) electrons. The van der Waals surface area contributed by atoms with Crippen molar-refractivity contribution in [2.24, 2.45) is 0 Å². The second-order valence-electron chi connectivity index (χ2n) is 7.13. The summed E-state index contributed by atoms with van der Waals surface area (Å²) in [6.07, 6.45) is 3.28. The minimum Gasteiger partial charge on any atom is -0.396 e. The van der Waals surface area contributed by atoms with E-state index in [1.807, 2.05) is 20.8 Å². The molecule has 0 aromatic heterocycles. The van der Waals surface area contributed by atoms with Crippen LogP contribution in [0.25, 0.3) is 0 Å². The fraction of sp³-hybridized carbons (Fsp3) is 1.00. The Labute approximate surface area is 165 Å². The highest BCUT2D eigenvalue weighted by Crippen LogP contribution is 2.03. The van der Waals surface area contributed by atoms with Gasteiger partial charge in [0.1, 0.15) is 0 Å². The van der Waals surface area contributed by atoms with E-state index in [2.05, 4.69) is 0 Å². The fourth-order valence-corrected chi connectivity index (χ4v) is 1.93. The second kappa shape index (κ2) is 20.5. The van der Waals surface area contributed by atoms with E-state index in [9.17, 15) is 0 Å². The Morgan fingerprint density at radius 1 is 0.519 bits per heavy atom. The zero-order valence-electron chi connectivity index (χ0n) is 18.0. The van der Waals surface area contributed by atoms with E-state index in [1.54, 1.807) is 13.8 Å². The van der Waals surface area contributed by atoms with Gasteiger partial charge in [0, 0.05) is 33.0 Å². The summed E-state index contributed by atoms with van der Waals surface area (Å²) in [5, 5.41) is 35.1. The molecule has 5 atom stereocenters. The lowest BCUT2D eigenvalue weighted by Gasteiger charge is -2.16. The number of ether oxygens (including phenoxy) is 3. The van der Waals surface area contributed by atoms with Gasteiger partial charge >= 0.3 is 0 Å². The van der Waals surface area contributed by atoms with Gasteiger partial charge in [-0.2, -0.15) is 0 Å². The summed E-state index contributed by atoms with van der Waals surface area (Å²) in [7, 11) is 0. The summed E-state index contributed by atoms with van der Waals surface area (Å²) in [4.78, 5) is 0. The lowest BCUT2D eigenvalue weighted by molar-refractivity contribution is -0.00273. The van der Waals surface area contributed by atoms with Gasteiger partial charge in [-0.3, -0.25) is 0 Å². The third-order valence-corrected chi connectivity index (χ3v) is 3.87. The Kier molecular flexibility index (Phi) is 21.9. The van der Waals surface area contributed by atoms with Gasteiger partial charge in [0.05, 0.1) is 30.5 Å². The first kappa shape index (κ1) is 28.9. The van der Waals surface area contributed by atoms with Crippen LogP contribution in [0.2, 0.25) is 0 Å². The van der Waals surface area contributed by atoms with Crippen molar-refractivity contribution in [3.8, 4) is 0 Å². The Balaban J connectivity index is 0. The molecule has 0 aromatic rings. The van der Waals surface area contributed by atoms with Crippen molar-refractivity contribution in [2.75, 3.05) is 33.0 Å². The number of hydrogen-bond donors (Lipinski definition) is 4. The molecule has 0 saturated heterocycles. The van der Waals surface area contributed by atoms with Crippen molar-refractivity contribution < 1.29 is 34.6 Å². The summed E-state index contributed by atoms with van der Waals surface area (Å²) < 4.78 is 16.3. The highest BCUT2D eigenvalue weighted by atomic mass is 16.5. The predicted octanol–water partition coefficient (Wildman–Crippen LogP) is 1.88. The van der Waals surface area contributed by atoms with E-state index in [-0.39, 0.29) is 43.7 Å². The van der Waals surface area contributed by atoms with Crippen LogP contribution in [0.4, 0.5) is 0 Å². The SMILES string of the molecule is CC(O)CCOC(C)CCO.CC(O)CCOC(C)CCOC(C)CCO. The first-order valence-corrected chi connectivity index (χ1v) is 10.1. The first-order chi connectivity index (χ1) is 12.7. The number of aliphatic hydroxyl groups is 4. The molecule has 0 spiro atoms. The van der Waals surface area contributed by atoms with Crippen molar-refractivity contribution in [1.82, 2.24) is 0 Å². The molecule has 0 saturated carbocycles. The molecule has 0 heterocycles. The second-order valence-corrected chi connectivity index (χ2v) is 7.13. The molecule has 0 bridgehead atoms. The molecule has 0 rings (SSSR count). The van der Waals surface area contributed by atoms with Crippen LogP contribution in [0, 0.1) is 0 Å². The molecule has 27 heavy (non-hydrogen) atoms. The molecule has 0 fully saturated rings. The molecule has 7 nitrogen and oxygen atoms in total. The van der Waals surface area contributed by atoms with Crippen LogP contribution in [-0.4, -0.2) is 84.0 Å². The first-order valence-electron chi connectivity index (χ1n) is 10.1. The van der Waals surface area contributed by atoms with Crippen molar-refractivity contribution in [2.45, 2.75) is 97.2 Å². The lowest BCUT2D eigenvalue weighted by Crippen LogP contribution is -2.17. The zero-order valence-corrected chi connectivity index (χ0v) is 18.0. The van der Waals surface area contributed by atoms with Crippen molar-refractivity contribution in [1.29, 1.82) is 0 Å².